The molecule has 0 radical (unpaired) electrons. The minimum absolute atomic E-state index is 0.150. The molecule has 5 nitrogen and oxygen atoms in total. The van der Waals surface area contributed by atoms with Gasteiger partial charge in [-0.3, -0.25) is 4.79 Å². The van der Waals surface area contributed by atoms with Crippen LogP contribution in [-0.2, 0) is 16.0 Å². The van der Waals surface area contributed by atoms with Crippen molar-refractivity contribution in [3.05, 3.63) is 23.8 Å². The number of hydrogen-bond donors (Lipinski definition) is 0. The van der Waals surface area contributed by atoms with Gasteiger partial charge in [0, 0.05) is 12.1 Å². The lowest BCUT2D eigenvalue weighted by Gasteiger charge is -2.43. The molecule has 0 bridgehead atoms. The van der Waals surface area contributed by atoms with Crippen molar-refractivity contribution < 1.29 is 19.0 Å². The van der Waals surface area contributed by atoms with Crippen LogP contribution in [-0.4, -0.2) is 50.3 Å². The lowest BCUT2D eigenvalue weighted by molar-refractivity contribution is -0.148. The van der Waals surface area contributed by atoms with Crippen molar-refractivity contribution in [1.82, 2.24) is 4.90 Å². The Kier molecular flexibility index (Phi) is 5.06. The predicted octanol–water partition coefficient (Wildman–Crippen LogP) is 2.42. The number of methoxy groups -OCH3 is 2. The summed E-state index contributed by atoms with van der Waals surface area (Å²) < 4.78 is 16.5. The molecule has 1 aromatic rings. The van der Waals surface area contributed by atoms with Crippen LogP contribution in [0, 0.1) is 0 Å². The van der Waals surface area contributed by atoms with Gasteiger partial charge in [-0.05, 0) is 31.0 Å². The Morgan fingerprint density at radius 1 is 1.26 bits per heavy atom. The van der Waals surface area contributed by atoms with Crippen LogP contribution in [0.4, 0.5) is 0 Å². The van der Waals surface area contributed by atoms with Crippen LogP contribution >= 0.6 is 0 Å². The molecule has 1 heterocycles. The van der Waals surface area contributed by atoms with E-state index in [9.17, 15) is 4.79 Å². The van der Waals surface area contributed by atoms with Gasteiger partial charge in [0.05, 0.1) is 39.4 Å². The summed E-state index contributed by atoms with van der Waals surface area (Å²) in [7, 11) is 3.25. The number of fused-ring (bicyclic) bond motifs is 1. The van der Waals surface area contributed by atoms with Gasteiger partial charge in [-0.15, -0.1) is 0 Å². The molecule has 2 fully saturated rings. The molecular weight excluding hydrogens is 294 g/mol. The van der Waals surface area contributed by atoms with Gasteiger partial charge in [0.2, 0.25) is 5.91 Å². The van der Waals surface area contributed by atoms with Crippen molar-refractivity contribution in [2.45, 2.75) is 44.2 Å². The molecule has 2 aliphatic rings. The maximum absolute atomic E-state index is 12.9. The Bertz CT molecular complexity index is 558. The molecule has 2 unspecified atom stereocenters. The van der Waals surface area contributed by atoms with Crippen LogP contribution < -0.4 is 9.47 Å². The van der Waals surface area contributed by atoms with Crippen LogP contribution in [0.25, 0.3) is 0 Å². The minimum Gasteiger partial charge on any atom is -0.497 e. The first kappa shape index (κ1) is 16.1. The minimum atomic E-state index is 0.150. The van der Waals surface area contributed by atoms with E-state index in [0.717, 1.165) is 29.9 Å². The fourth-order valence-electron chi connectivity index (χ4n) is 3.69. The van der Waals surface area contributed by atoms with E-state index in [2.05, 4.69) is 0 Å². The largest absolute Gasteiger partial charge is 0.497 e. The molecule has 5 heteroatoms. The molecule has 3 rings (SSSR count). The number of amides is 1. The Hall–Kier alpha value is -1.75. The summed E-state index contributed by atoms with van der Waals surface area (Å²) in [5.41, 5.74) is 0.871. The smallest absolute Gasteiger partial charge is 0.227 e. The van der Waals surface area contributed by atoms with Gasteiger partial charge < -0.3 is 19.1 Å². The molecule has 1 aliphatic carbocycles. The van der Waals surface area contributed by atoms with Crippen LogP contribution in [0.3, 0.4) is 0 Å². The fourth-order valence-corrected chi connectivity index (χ4v) is 3.69. The van der Waals surface area contributed by atoms with Gasteiger partial charge in [-0.1, -0.05) is 12.8 Å². The van der Waals surface area contributed by atoms with Crippen LogP contribution in [0.2, 0.25) is 0 Å². The number of benzene rings is 1. The van der Waals surface area contributed by atoms with Gasteiger partial charge >= 0.3 is 0 Å². The number of ether oxygens (including phenoxy) is 3. The van der Waals surface area contributed by atoms with Gasteiger partial charge in [0.25, 0.3) is 0 Å². The number of carbonyl (C=O) groups excluding carboxylic acids is 1. The molecule has 0 aromatic heterocycles. The predicted molar refractivity (Wildman–Crippen MR) is 87.0 cm³/mol. The highest BCUT2D eigenvalue weighted by atomic mass is 16.5. The zero-order valence-corrected chi connectivity index (χ0v) is 13.9. The summed E-state index contributed by atoms with van der Waals surface area (Å²) in [5.74, 6) is 1.62. The van der Waals surface area contributed by atoms with E-state index in [1.807, 2.05) is 23.1 Å². The summed E-state index contributed by atoms with van der Waals surface area (Å²) in [6.45, 7) is 1.33. The third-order valence-electron chi connectivity index (χ3n) is 4.88. The van der Waals surface area contributed by atoms with E-state index in [4.69, 9.17) is 14.2 Å². The van der Waals surface area contributed by atoms with Gasteiger partial charge in [0.15, 0.2) is 0 Å². The first-order valence-corrected chi connectivity index (χ1v) is 8.35. The van der Waals surface area contributed by atoms with Crippen LogP contribution in [0.15, 0.2) is 18.2 Å². The average Bonchev–Trinajstić information content (AvgIpc) is 2.61. The van der Waals surface area contributed by atoms with E-state index >= 15 is 0 Å². The Morgan fingerprint density at radius 3 is 2.87 bits per heavy atom. The van der Waals surface area contributed by atoms with Crippen molar-refractivity contribution in [3.63, 3.8) is 0 Å². The molecule has 126 valence electrons. The Labute approximate surface area is 137 Å². The first-order chi connectivity index (χ1) is 11.2. The molecule has 0 N–H and O–H groups in total. The second kappa shape index (κ2) is 7.21. The highest BCUT2D eigenvalue weighted by molar-refractivity contribution is 5.80. The van der Waals surface area contributed by atoms with Crippen molar-refractivity contribution in [2.75, 3.05) is 27.4 Å². The molecule has 1 aromatic carbocycles. The summed E-state index contributed by atoms with van der Waals surface area (Å²) in [4.78, 5) is 14.9. The normalized spacial score (nSPS) is 24.0. The highest BCUT2D eigenvalue weighted by Gasteiger charge is 2.36. The molecule has 2 atom stereocenters. The Balaban J connectivity index is 1.75. The molecule has 1 aliphatic heterocycles. The van der Waals surface area contributed by atoms with E-state index < -0.39 is 0 Å². The van der Waals surface area contributed by atoms with Crippen molar-refractivity contribution in [3.8, 4) is 11.5 Å². The van der Waals surface area contributed by atoms with Crippen LogP contribution in [0.5, 0.6) is 11.5 Å². The quantitative estimate of drug-likeness (QED) is 0.855. The molecule has 0 spiro atoms. The fraction of sp³-hybridized carbons (Fsp3) is 0.611. The zero-order valence-electron chi connectivity index (χ0n) is 13.9. The van der Waals surface area contributed by atoms with Gasteiger partial charge in [-0.2, -0.15) is 0 Å². The lowest BCUT2D eigenvalue weighted by atomic mass is 9.89. The van der Waals surface area contributed by atoms with E-state index in [-0.39, 0.29) is 18.1 Å². The molecule has 1 saturated carbocycles. The van der Waals surface area contributed by atoms with Crippen molar-refractivity contribution in [1.29, 1.82) is 0 Å². The average molecular weight is 319 g/mol. The SMILES string of the molecule is COc1ccc(OC)c(CC(=O)N2CCOC3CCCCC32)c1. The number of rotatable bonds is 4. The van der Waals surface area contributed by atoms with Crippen molar-refractivity contribution >= 4 is 5.91 Å². The number of carbonyl (C=O) groups is 1. The third-order valence-corrected chi connectivity index (χ3v) is 4.88. The zero-order chi connectivity index (χ0) is 16.2. The van der Waals surface area contributed by atoms with Crippen molar-refractivity contribution in [2.24, 2.45) is 0 Å². The monoisotopic (exact) mass is 319 g/mol. The van der Waals surface area contributed by atoms with E-state index in [1.165, 1.54) is 12.8 Å². The molecule has 1 amide bonds. The molecule has 23 heavy (non-hydrogen) atoms. The highest BCUT2D eigenvalue weighted by Crippen LogP contribution is 2.30. The second-order valence-corrected chi connectivity index (χ2v) is 6.20. The van der Waals surface area contributed by atoms with E-state index in [1.54, 1.807) is 14.2 Å². The maximum Gasteiger partial charge on any atom is 0.227 e. The van der Waals surface area contributed by atoms with Gasteiger partial charge in [0.1, 0.15) is 11.5 Å². The summed E-state index contributed by atoms with van der Waals surface area (Å²) in [5, 5.41) is 0. The summed E-state index contributed by atoms with van der Waals surface area (Å²) in [6, 6.07) is 5.82. The van der Waals surface area contributed by atoms with Crippen LogP contribution in [0.1, 0.15) is 31.2 Å². The van der Waals surface area contributed by atoms with Gasteiger partial charge in [-0.25, -0.2) is 0 Å². The second-order valence-electron chi connectivity index (χ2n) is 6.20. The molecular formula is C18H25NO4. The standard InChI is InChI=1S/C18H25NO4/c1-21-14-7-8-16(22-2)13(11-14)12-18(20)19-9-10-23-17-6-4-3-5-15(17)19/h7-8,11,15,17H,3-6,9-10,12H2,1-2H3. The number of nitrogens with zero attached hydrogens (tertiary/aromatic N) is 1. The van der Waals surface area contributed by atoms with E-state index in [0.29, 0.717) is 19.6 Å². The third kappa shape index (κ3) is 3.44. The topological polar surface area (TPSA) is 48.0 Å². The summed E-state index contributed by atoms with van der Waals surface area (Å²) >= 11 is 0. The first-order valence-electron chi connectivity index (χ1n) is 8.35. The maximum atomic E-state index is 12.9. The Morgan fingerprint density at radius 2 is 2.09 bits per heavy atom. The summed E-state index contributed by atoms with van der Waals surface area (Å²) in [6.07, 6.45) is 5.05. The number of morpholine rings is 1. The number of hydrogen-bond acceptors (Lipinski definition) is 4. The lowest BCUT2D eigenvalue weighted by Crippen LogP contribution is -2.55. The molecule has 1 saturated heterocycles.